The molecular weight excluding hydrogens is 276 g/mol. The molecule has 1 heterocycles. The summed E-state index contributed by atoms with van der Waals surface area (Å²) >= 11 is 0. The van der Waals surface area contributed by atoms with E-state index in [4.69, 9.17) is 14.9 Å². The summed E-state index contributed by atoms with van der Waals surface area (Å²) in [5.41, 5.74) is 6.86. The van der Waals surface area contributed by atoms with Gasteiger partial charge >= 0.3 is 0 Å². The van der Waals surface area contributed by atoms with E-state index in [2.05, 4.69) is 10.3 Å². The van der Waals surface area contributed by atoms with Crippen LogP contribution in [-0.4, -0.2) is 34.7 Å². The van der Waals surface area contributed by atoms with Crippen LogP contribution in [0.15, 0.2) is 22.6 Å². The smallest absolute Gasteiger partial charge is 0.296 e. The average molecular weight is 292 g/mol. The maximum Gasteiger partial charge on any atom is 0.296 e. The van der Waals surface area contributed by atoms with Crippen LogP contribution < -0.4 is 11.1 Å². The van der Waals surface area contributed by atoms with Gasteiger partial charge in [0, 0.05) is 24.8 Å². The molecule has 0 radical (unpaired) electrons. The normalized spacial score (nSPS) is 24.8. The first kappa shape index (κ1) is 13.8. The molecule has 0 amide bonds. The molecule has 3 atom stereocenters. The standard InChI is InChI=1S/C13H16N4O4/c1-2-20-11-6-8(14)12(11)16-13-15-9-5-7(17(18)19)3-4-10(9)21-13/h3-5,8,11-12H,2,6,14H2,1H3,(H,15,16). The minimum absolute atomic E-state index is 0.0186. The highest BCUT2D eigenvalue weighted by molar-refractivity contribution is 5.77. The number of fused-ring (bicyclic) bond motifs is 1. The number of ether oxygens (including phenoxy) is 1. The second-order valence-corrected chi connectivity index (χ2v) is 4.99. The Labute approximate surface area is 120 Å². The summed E-state index contributed by atoms with van der Waals surface area (Å²) in [4.78, 5) is 14.5. The molecule has 3 rings (SSSR count). The van der Waals surface area contributed by atoms with Crippen molar-refractivity contribution in [2.75, 3.05) is 11.9 Å². The number of anilines is 1. The van der Waals surface area contributed by atoms with Crippen molar-refractivity contribution in [2.45, 2.75) is 31.5 Å². The van der Waals surface area contributed by atoms with Crippen molar-refractivity contribution in [1.82, 2.24) is 4.98 Å². The molecule has 1 aliphatic rings. The second kappa shape index (κ2) is 5.30. The number of nitrogens with one attached hydrogen (secondary N) is 1. The van der Waals surface area contributed by atoms with E-state index in [-0.39, 0.29) is 23.9 Å². The Morgan fingerprint density at radius 2 is 2.43 bits per heavy atom. The molecule has 8 heteroatoms. The number of nitrogens with zero attached hydrogens (tertiary/aromatic N) is 2. The highest BCUT2D eigenvalue weighted by Gasteiger charge is 2.40. The van der Waals surface area contributed by atoms with Gasteiger partial charge in [0.05, 0.1) is 17.1 Å². The van der Waals surface area contributed by atoms with Crippen molar-refractivity contribution in [3.63, 3.8) is 0 Å². The number of non-ortho nitro benzene ring substituents is 1. The van der Waals surface area contributed by atoms with E-state index in [9.17, 15) is 10.1 Å². The largest absolute Gasteiger partial charge is 0.424 e. The van der Waals surface area contributed by atoms with Crippen molar-refractivity contribution in [1.29, 1.82) is 0 Å². The van der Waals surface area contributed by atoms with Gasteiger partial charge < -0.3 is 20.2 Å². The van der Waals surface area contributed by atoms with Crippen molar-refractivity contribution >= 4 is 22.8 Å². The van der Waals surface area contributed by atoms with Gasteiger partial charge in [-0.1, -0.05) is 0 Å². The summed E-state index contributed by atoms with van der Waals surface area (Å²) < 4.78 is 11.1. The van der Waals surface area contributed by atoms with Crippen LogP contribution in [0.4, 0.5) is 11.7 Å². The fourth-order valence-corrected chi connectivity index (χ4v) is 2.46. The molecule has 0 spiro atoms. The van der Waals surface area contributed by atoms with Gasteiger partial charge in [-0.15, -0.1) is 0 Å². The summed E-state index contributed by atoms with van der Waals surface area (Å²) in [6.07, 6.45) is 0.825. The van der Waals surface area contributed by atoms with Crippen LogP contribution in [0.5, 0.6) is 0 Å². The molecule has 3 N–H and O–H groups in total. The van der Waals surface area contributed by atoms with E-state index in [1.54, 1.807) is 0 Å². The Hall–Kier alpha value is -2.19. The Bertz CT molecular complexity index is 669. The highest BCUT2D eigenvalue weighted by Crippen LogP contribution is 2.28. The third kappa shape index (κ3) is 2.55. The van der Waals surface area contributed by atoms with Crippen LogP contribution in [0.3, 0.4) is 0 Å². The summed E-state index contributed by atoms with van der Waals surface area (Å²) in [6, 6.07) is 4.52. The topological polar surface area (TPSA) is 116 Å². The predicted molar refractivity (Wildman–Crippen MR) is 76.1 cm³/mol. The summed E-state index contributed by atoms with van der Waals surface area (Å²) in [5, 5.41) is 13.8. The first-order valence-electron chi connectivity index (χ1n) is 6.77. The Balaban J connectivity index is 1.79. The molecule has 8 nitrogen and oxygen atoms in total. The minimum atomic E-state index is -0.464. The zero-order chi connectivity index (χ0) is 15.0. The van der Waals surface area contributed by atoms with Crippen LogP contribution in [0.25, 0.3) is 11.1 Å². The maximum atomic E-state index is 10.7. The number of nitrogens with two attached hydrogens (primary N) is 1. The van der Waals surface area contributed by atoms with Gasteiger partial charge in [-0.05, 0) is 19.4 Å². The van der Waals surface area contributed by atoms with Crippen LogP contribution in [0.1, 0.15) is 13.3 Å². The van der Waals surface area contributed by atoms with Crippen LogP contribution >= 0.6 is 0 Å². The van der Waals surface area contributed by atoms with Crippen molar-refractivity contribution < 1.29 is 14.1 Å². The van der Waals surface area contributed by atoms with E-state index in [1.807, 2.05) is 6.92 Å². The van der Waals surface area contributed by atoms with Gasteiger partial charge in [-0.3, -0.25) is 10.1 Å². The highest BCUT2D eigenvalue weighted by atomic mass is 16.6. The molecule has 0 bridgehead atoms. The molecule has 0 saturated heterocycles. The SMILES string of the molecule is CCOC1CC(N)C1Nc1nc2cc([N+](=O)[O-])ccc2o1. The van der Waals surface area contributed by atoms with E-state index < -0.39 is 4.92 Å². The molecule has 1 fully saturated rings. The molecule has 1 aromatic heterocycles. The van der Waals surface area contributed by atoms with Crippen molar-refractivity contribution in [3.8, 4) is 0 Å². The van der Waals surface area contributed by atoms with Gasteiger partial charge in [0.15, 0.2) is 5.58 Å². The Kier molecular flexibility index (Phi) is 3.48. The monoisotopic (exact) mass is 292 g/mol. The van der Waals surface area contributed by atoms with Gasteiger partial charge in [0.1, 0.15) is 5.52 Å². The second-order valence-electron chi connectivity index (χ2n) is 4.99. The number of rotatable bonds is 5. The first-order valence-corrected chi connectivity index (χ1v) is 6.77. The number of hydrogen-bond acceptors (Lipinski definition) is 7. The molecular formula is C13H16N4O4. The zero-order valence-corrected chi connectivity index (χ0v) is 11.5. The molecule has 112 valence electrons. The Morgan fingerprint density at radius 3 is 3.10 bits per heavy atom. The minimum Gasteiger partial charge on any atom is -0.424 e. The van der Waals surface area contributed by atoms with Crippen LogP contribution in [-0.2, 0) is 4.74 Å². The fraction of sp³-hybridized carbons (Fsp3) is 0.462. The van der Waals surface area contributed by atoms with E-state index in [0.717, 1.165) is 6.42 Å². The lowest BCUT2D eigenvalue weighted by molar-refractivity contribution is -0.384. The van der Waals surface area contributed by atoms with Crippen molar-refractivity contribution in [2.24, 2.45) is 5.73 Å². The predicted octanol–water partition coefficient (Wildman–Crippen LogP) is 1.65. The summed E-state index contributed by atoms with van der Waals surface area (Å²) in [7, 11) is 0. The number of aromatic nitrogens is 1. The zero-order valence-electron chi connectivity index (χ0n) is 11.5. The number of nitro groups is 1. The maximum absolute atomic E-state index is 10.7. The molecule has 1 saturated carbocycles. The van der Waals surface area contributed by atoms with Crippen molar-refractivity contribution in [3.05, 3.63) is 28.3 Å². The Morgan fingerprint density at radius 1 is 1.62 bits per heavy atom. The molecule has 3 unspecified atom stereocenters. The third-order valence-corrected chi connectivity index (χ3v) is 3.62. The van der Waals surface area contributed by atoms with E-state index >= 15 is 0 Å². The quantitative estimate of drug-likeness (QED) is 0.635. The van der Waals surface area contributed by atoms with E-state index in [0.29, 0.717) is 23.7 Å². The van der Waals surface area contributed by atoms with Crippen LogP contribution in [0.2, 0.25) is 0 Å². The fourth-order valence-electron chi connectivity index (χ4n) is 2.46. The number of hydrogen-bond donors (Lipinski definition) is 2. The number of nitro benzene ring substituents is 1. The summed E-state index contributed by atoms with van der Waals surface area (Å²) in [6.45, 7) is 2.55. The molecule has 0 aliphatic heterocycles. The van der Waals surface area contributed by atoms with Crippen LogP contribution in [0, 0.1) is 10.1 Å². The van der Waals surface area contributed by atoms with Gasteiger partial charge in [-0.2, -0.15) is 4.98 Å². The van der Waals surface area contributed by atoms with Gasteiger partial charge in [-0.25, -0.2) is 0 Å². The van der Waals surface area contributed by atoms with Gasteiger partial charge in [0.2, 0.25) is 0 Å². The lowest BCUT2D eigenvalue weighted by Gasteiger charge is -2.41. The van der Waals surface area contributed by atoms with E-state index in [1.165, 1.54) is 18.2 Å². The lowest BCUT2D eigenvalue weighted by Crippen LogP contribution is -2.60. The molecule has 1 aromatic carbocycles. The van der Waals surface area contributed by atoms with Gasteiger partial charge in [0.25, 0.3) is 11.7 Å². The molecule has 21 heavy (non-hydrogen) atoms. The number of benzene rings is 1. The first-order chi connectivity index (χ1) is 10.1. The molecule has 1 aliphatic carbocycles. The number of oxazole rings is 1. The lowest BCUT2D eigenvalue weighted by atomic mass is 9.83. The average Bonchev–Trinajstić information content (AvgIpc) is 2.86. The molecule has 2 aromatic rings. The summed E-state index contributed by atoms with van der Waals surface area (Å²) in [5.74, 6) is 0. The third-order valence-electron chi connectivity index (χ3n) is 3.62.